The van der Waals surface area contributed by atoms with E-state index in [4.69, 9.17) is 13.6 Å². The van der Waals surface area contributed by atoms with E-state index in [-0.39, 0.29) is 0 Å². The maximum Gasteiger partial charge on any atom is 0.113 e. The lowest BCUT2D eigenvalue weighted by atomic mass is 9.91. The van der Waals surface area contributed by atoms with Crippen LogP contribution in [0.3, 0.4) is 0 Å². The highest BCUT2D eigenvalue weighted by molar-refractivity contribution is 6.32. The van der Waals surface area contributed by atoms with Gasteiger partial charge in [0.1, 0.15) is 7.85 Å². The zero-order chi connectivity index (χ0) is 28.4. The third-order valence-corrected chi connectivity index (χ3v) is 7.44. The smallest absolute Gasteiger partial charge is 0.113 e. The van der Waals surface area contributed by atoms with Crippen LogP contribution in [-0.2, 0) is 0 Å². The van der Waals surface area contributed by atoms with Crippen molar-refractivity contribution >= 4 is 30.5 Å². The summed E-state index contributed by atoms with van der Waals surface area (Å²) in [5.74, 6) is 0. The normalized spacial score (nSPS) is 20.7. The Morgan fingerprint density at radius 3 is 2.39 bits per heavy atom. The minimum absolute atomic E-state index is 0.521. The van der Waals surface area contributed by atoms with E-state index in [0.29, 0.717) is 6.54 Å². The van der Waals surface area contributed by atoms with Gasteiger partial charge in [-0.15, -0.1) is 0 Å². The molecule has 0 aromatic heterocycles. The molecule has 200 valence electrons. The molecule has 2 aliphatic carbocycles. The van der Waals surface area contributed by atoms with E-state index in [1.54, 1.807) is 0 Å². The second kappa shape index (κ2) is 13.8. The molecule has 0 heterocycles. The minimum atomic E-state index is 0.521. The standard InChI is InChI=1S/C39H36BN/c1-29(18-19-30-11-5-4-6-12-30)36-16-7-2-3-8-17-37(34-15-9-13-31(27-34)14-10-26-41)39-28-33(22-25-38(36)39)32-20-23-35(40)24-21-32/h4-11,13-25,27-28H,2-3,12,26,41H2,1H3/b14-10-,16-7-,17-8+,29-18+,30-19-,38-36-,39-37+. The molecule has 2 radical (unpaired) electrons. The van der Waals surface area contributed by atoms with Gasteiger partial charge >= 0.3 is 0 Å². The van der Waals surface area contributed by atoms with E-state index >= 15 is 0 Å². The Hall–Kier alpha value is -4.40. The molecule has 2 N–H and O–H groups in total. The lowest BCUT2D eigenvalue weighted by Crippen LogP contribution is -2.29. The summed E-state index contributed by atoms with van der Waals surface area (Å²) < 4.78 is 0. The molecule has 0 fully saturated rings. The van der Waals surface area contributed by atoms with Gasteiger partial charge in [-0.25, -0.2) is 0 Å². The second-order valence-corrected chi connectivity index (χ2v) is 10.4. The van der Waals surface area contributed by atoms with Gasteiger partial charge in [0.2, 0.25) is 0 Å². The fourth-order valence-corrected chi connectivity index (χ4v) is 5.22. The van der Waals surface area contributed by atoms with Crippen LogP contribution in [0, 0.1) is 0 Å². The summed E-state index contributed by atoms with van der Waals surface area (Å²) in [6.45, 7) is 2.74. The molecule has 0 saturated heterocycles. The summed E-state index contributed by atoms with van der Waals surface area (Å²) in [5, 5.41) is 2.43. The summed E-state index contributed by atoms with van der Waals surface area (Å²) in [6, 6.07) is 23.7. The van der Waals surface area contributed by atoms with Crippen LogP contribution >= 0.6 is 0 Å². The van der Waals surface area contributed by atoms with Gasteiger partial charge < -0.3 is 5.73 Å². The molecule has 41 heavy (non-hydrogen) atoms. The Balaban J connectivity index is 1.82. The molecular weight excluding hydrogens is 493 g/mol. The number of hydrogen-bond donors (Lipinski definition) is 1. The van der Waals surface area contributed by atoms with Gasteiger partial charge in [-0.05, 0) is 93.3 Å². The van der Waals surface area contributed by atoms with Crippen LogP contribution in [0.5, 0.6) is 0 Å². The highest BCUT2D eigenvalue weighted by atomic mass is 14.5. The lowest BCUT2D eigenvalue weighted by molar-refractivity contribution is 1.05. The fourth-order valence-electron chi connectivity index (χ4n) is 5.22. The van der Waals surface area contributed by atoms with Crippen LogP contribution < -0.4 is 21.6 Å². The number of fused-ring (bicyclic) bond motifs is 1. The number of rotatable bonds is 6. The summed E-state index contributed by atoms with van der Waals surface area (Å²) in [4.78, 5) is 0. The monoisotopic (exact) mass is 529 g/mol. The maximum absolute atomic E-state index is 6.01. The summed E-state index contributed by atoms with van der Waals surface area (Å²) in [6.07, 6.45) is 29.3. The third-order valence-electron chi connectivity index (χ3n) is 7.44. The lowest BCUT2D eigenvalue weighted by Gasteiger charge is -2.12. The molecule has 0 atom stereocenters. The van der Waals surface area contributed by atoms with E-state index in [2.05, 4.69) is 128 Å². The predicted molar refractivity (Wildman–Crippen MR) is 179 cm³/mol. The Labute approximate surface area is 245 Å². The first-order valence-electron chi connectivity index (χ1n) is 14.4. The largest absolute Gasteiger partial charge is 0.327 e. The predicted octanol–water partition coefficient (Wildman–Crippen LogP) is 6.76. The third kappa shape index (κ3) is 7.22. The first-order valence-corrected chi connectivity index (χ1v) is 14.4. The van der Waals surface area contributed by atoms with Crippen LogP contribution in [0.1, 0.15) is 37.3 Å². The zero-order valence-electron chi connectivity index (χ0n) is 23.8. The van der Waals surface area contributed by atoms with Gasteiger partial charge in [-0.2, -0.15) is 0 Å². The van der Waals surface area contributed by atoms with E-state index in [9.17, 15) is 0 Å². The van der Waals surface area contributed by atoms with Crippen LogP contribution in [0.2, 0.25) is 0 Å². The molecule has 0 amide bonds. The van der Waals surface area contributed by atoms with Crippen molar-refractivity contribution in [1.29, 1.82) is 0 Å². The molecule has 0 unspecified atom stereocenters. The first-order chi connectivity index (χ1) is 20.1. The zero-order valence-corrected chi connectivity index (χ0v) is 23.8. The fraction of sp³-hybridized carbons (Fsp3) is 0.128. The van der Waals surface area contributed by atoms with Gasteiger partial charge in [0.25, 0.3) is 0 Å². The summed E-state index contributed by atoms with van der Waals surface area (Å²) in [5.41, 5.74) is 16.2. The molecule has 0 bridgehead atoms. The maximum atomic E-state index is 6.01. The van der Waals surface area contributed by atoms with E-state index in [0.717, 1.165) is 41.4 Å². The molecule has 1 nitrogen and oxygen atoms in total. The summed E-state index contributed by atoms with van der Waals surface area (Å²) >= 11 is 0. The molecule has 0 aliphatic heterocycles. The van der Waals surface area contributed by atoms with Crippen molar-refractivity contribution in [2.75, 3.05) is 6.54 Å². The molecular formula is C39H36BN. The van der Waals surface area contributed by atoms with Crippen molar-refractivity contribution in [3.63, 3.8) is 0 Å². The van der Waals surface area contributed by atoms with Crippen molar-refractivity contribution < 1.29 is 0 Å². The van der Waals surface area contributed by atoms with Crippen molar-refractivity contribution in [3.8, 4) is 11.1 Å². The van der Waals surface area contributed by atoms with Crippen molar-refractivity contribution in [2.24, 2.45) is 5.73 Å². The van der Waals surface area contributed by atoms with E-state index in [1.807, 2.05) is 18.2 Å². The van der Waals surface area contributed by atoms with E-state index in [1.165, 1.54) is 38.3 Å². The van der Waals surface area contributed by atoms with Crippen molar-refractivity contribution in [1.82, 2.24) is 0 Å². The van der Waals surface area contributed by atoms with Crippen LogP contribution in [0.25, 0.3) is 28.3 Å². The number of allylic oxidation sites excluding steroid dienone is 12. The van der Waals surface area contributed by atoms with Gasteiger partial charge in [0.05, 0.1) is 0 Å². The minimum Gasteiger partial charge on any atom is -0.327 e. The SMILES string of the molecule is [B]c1ccc(-c2ccc3/c(c2)=C(c2cccc(/C=C\CN)c2)\C=C\CC\C=C/C=3C(/C)=C/C=C2/C=CC=CC2)cc1. The van der Waals surface area contributed by atoms with Crippen molar-refractivity contribution in [3.05, 3.63) is 166 Å². The van der Waals surface area contributed by atoms with Gasteiger partial charge in [0, 0.05) is 6.54 Å². The average molecular weight is 530 g/mol. The van der Waals surface area contributed by atoms with Crippen LogP contribution in [-0.4, -0.2) is 14.4 Å². The number of benzene rings is 3. The van der Waals surface area contributed by atoms with Crippen LogP contribution in [0.15, 0.2) is 145 Å². The highest BCUT2D eigenvalue weighted by Gasteiger charge is 2.09. The first kappa shape index (κ1) is 28.1. The molecule has 2 aliphatic rings. The van der Waals surface area contributed by atoms with E-state index < -0.39 is 0 Å². The molecule has 0 spiro atoms. The Kier molecular flexibility index (Phi) is 9.47. The summed E-state index contributed by atoms with van der Waals surface area (Å²) in [7, 11) is 6.01. The molecule has 3 aromatic carbocycles. The topological polar surface area (TPSA) is 26.0 Å². The molecule has 0 saturated carbocycles. The Bertz CT molecular complexity index is 1740. The number of nitrogens with two attached hydrogens (primary N) is 1. The van der Waals surface area contributed by atoms with Crippen LogP contribution in [0.4, 0.5) is 0 Å². The van der Waals surface area contributed by atoms with Gasteiger partial charge in [-0.3, -0.25) is 0 Å². The Morgan fingerprint density at radius 1 is 0.805 bits per heavy atom. The highest BCUT2D eigenvalue weighted by Crippen LogP contribution is 2.21. The average Bonchev–Trinajstić information content (AvgIpc) is 3.01. The Morgan fingerprint density at radius 2 is 1.61 bits per heavy atom. The molecule has 3 aromatic rings. The second-order valence-electron chi connectivity index (χ2n) is 10.4. The van der Waals surface area contributed by atoms with Gasteiger partial charge in [-0.1, -0.05) is 133 Å². The van der Waals surface area contributed by atoms with Crippen molar-refractivity contribution in [2.45, 2.75) is 26.2 Å². The van der Waals surface area contributed by atoms with Gasteiger partial charge in [0.15, 0.2) is 0 Å². The number of hydrogen-bond acceptors (Lipinski definition) is 1. The molecule has 2 heteroatoms. The quantitative estimate of drug-likeness (QED) is 0.351. The molecule has 5 rings (SSSR count).